The van der Waals surface area contributed by atoms with Crippen molar-refractivity contribution >= 4 is 26.9 Å². The third-order valence-electron chi connectivity index (χ3n) is 4.48. The van der Waals surface area contributed by atoms with E-state index in [-0.39, 0.29) is 11.3 Å². The van der Waals surface area contributed by atoms with Gasteiger partial charge in [-0.3, -0.25) is 4.79 Å². The van der Waals surface area contributed by atoms with Crippen LogP contribution in [0, 0.1) is 13.8 Å². The van der Waals surface area contributed by atoms with E-state index in [0.29, 0.717) is 0 Å². The number of carbonyl (C=O) groups is 1. The van der Waals surface area contributed by atoms with Crippen LogP contribution in [0.25, 0.3) is 10.9 Å². The summed E-state index contributed by atoms with van der Waals surface area (Å²) >= 11 is 0. The number of hydrogen-bond donors (Lipinski definition) is 3. The third kappa shape index (κ3) is 3.63. The van der Waals surface area contributed by atoms with Crippen molar-refractivity contribution in [1.29, 1.82) is 0 Å². The minimum absolute atomic E-state index is 0.0451. The molecule has 1 atom stereocenters. The summed E-state index contributed by atoms with van der Waals surface area (Å²) in [4.78, 5) is 14.8. The van der Waals surface area contributed by atoms with E-state index in [1.165, 1.54) is 6.07 Å². The number of aromatic nitrogens is 1. The van der Waals surface area contributed by atoms with E-state index in [9.17, 15) is 18.3 Å². The summed E-state index contributed by atoms with van der Waals surface area (Å²) in [5, 5.41) is 10.4. The molecule has 0 spiro atoms. The van der Waals surface area contributed by atoms with Crippen LogP contribution in [0.3, 0.4) is 0 Å². The fourth-order valence-electron chi connectivity index (χ4n) is 2.84. The molecule has 3 N–H and O–H groups in total. The van der Waals surface area contributed by atoms with Gasteiger partial charge in [0.2, 0.25) is 10.0 Å². The zero-order chi connectivity index (χ0) is 18.9. The Labute approximate surface area is 151 Å². The molecular formula is C19H20N2O4S. The molecule has 0 aliphatic rings. The van der Waals surface area contributed by atoms with E-state index in [0.717, 1.165) is 27.6 Å². The molecule has 0 aliphatic heterocycles. The van der Waals surface area contributed by atoms with E-state index in [2.05, 4.69) is 9.71 Å². The number of H-pyrrole nitrogens is 1. The van der Waals surface area contributed by atoms with Crippen LogP contribution in [-0.4, -0.2) is 30.5 Å². The second-order valence-electron chi connectivity index (χ2n) is 6.32. The zero-order valence-electron chi connectivity index (χ0n) is 14.5. The van der Waals surface area contributed by atoms with Crippen LogP contribution < -0.4 is 4.72 Å². The topological polar surface area (TPSA) is 99.3 Å². The molecule has 2 aromatic carbocycles. The lowest BCUT2D eigenvalue weighted by Crippen LogP contribution is -2.42. The lowest BCUT2D eigenvalue weighted by Gasteiger charge is -2.15. The fourth-order valence-corrected chi connectivity index (χ4v) is 4.11. The number of fused-ring (bicyclic) bond motifs is 1. The molecule has 0 saturated carbocycles. The summed E-state index contributed by atoms with van der Waals surface area (Å²) in [6.07, 6.45) is 1.76. The highest BCUT2D eigenvalue weighted by molar-refractivity contribution is 7.89. The maximum Gasteiger partial charge on any atom is 0.322 e. The summed E-state index contributed by atoms with van der Waals surface area (Å²) < 4.78 is 27.6. The molecule has 6 nitrogen and oxygen atoms in total. The molecular weight excluding hydrogens is 352 g/mol. The Morgan fingerprint density at radius 2 is 1.88 bits per heavy atom. The van der Waals surface area contributed by atoms with Crippen molar-refractivity contribution in [1.82, 2.24) is 9.71 Å². The Morgan fingerprint density at radius 1 is 1.15 bits per heavy atom. The molecule has 0 aliphatic carbocycles. The first-order valence-corrected chi connectivity index (χ1v) is 9.63. The number of nitrogens with one attached hydrogen (secondary N) is 2. The number of carboxylic acids is 1. The Morgan fingerprint density at radius 3 is 2.58 bits per heavy atom. The molecule has 0 bridgehead atoms. The van der Waals surface area contributed by atoms with Crippen molar-refractivity contribution in [3.63, 3.8) is 0 Å². The number of hydrogen-bond acceptors (Lipinski definition) is 3. The van der Waals surface area contributed by atoms with Crippen molar-refractivity contribution in [2.45, 2.75) is 31.2 Å². The average molecular weight is 372 g/mol. The number of benzene rings is 2. The van der Waals surface area contributed by atoms with Gasteiger partial charge in [-0.1, -0.05) is 24.3 Å². The van der Waals surface area contributed by atoms with Gasteiger partial charge in [0, 0.05) is 23.5 Å². The van der Waals surface area contributed by atoms with Gasteiger partial charge in [-0.15, -0.1) is 0 Å². The molecule has 7 heteroatoms. The van der Waals surface area contributed by atoms with E-state index in [1.54, 1.807) is 18.3 Å². The van der Waals surface area contributed by atoms with Crippen LogP contribution in [0.1, 0.15) is 16.7 Å². The molecule has 26 heavy (non-hydrogen) atoms. The second-order valence-corrected chi connectivity index (χ2v) is 8.04. The molecule has 136 valence electrons. The summed E-state index contributed by atoms with van der Waals surface area (Å²) in [5.74, 6) is -1.22. The zero-order valence-corrected chi connectivity index (χ0v) is 15.3. The quantitative estimate of drug-likeness (QED) is 0.619. The second kappa shape index (κ2) is 6.93. The Kier molecular flexibility index (Phi) is 4.84. The van der Waals surface area contributed by atoms with Crippen molar-refractivity contribution in [2.75, 3.05) is 0 Å². The number of aliphatic carboxylic acids is 1. The molecule has 3 rings (SSSR count). The SMILES string of the molecule is Cc1ccc(S(=O)(=O)N[C@@H](Cc2c[nH]c3ccccc23)C(=O)O)cc1C. The molecule has 0 radical (unpaired) electrons. The molecule has 0 saturated heterocycles. The summed E-state index contributed by atoms with van der Waals surface area (Å²) in [6, 6.07) is 11.0. The van der Waals surface area contributed by atoms with Crippen LogP contribution in [0.5, 0.6) is 0 Å². The summed E-state index contributed by atoms with van der Waals surface area (Å²) in [5.41, 5.74) is 3.42. The fraction of sp³-hybridized carbons (Fsp3) is 0.211. The highest BCUT2D eigenvalue weighted by Crippen LogP contribution is 2.20. The Bertz CT molecular complexity index is 1070. The summed E-state index contributed by atoms with van der Waals surface area (Å²) in [6.45, 7) is 3.70. The van der Waals surface area contributed by atoms with Crippen molar-refractivity contribution in [3.05, 3.63) is 65.4 Å². The average Bonchev–Trinajstić information content (AvgIpc) is 2.99. The maximum absolute atomic E-state index is 12.6. The lowest BCUT2D eigenvalue weighted by atomic mass is 10.1. The van der Waals surface area contributed by atoms with Gasteiger partial charge in [0.1, 0.15) is 6.04 Å². The number of para-hydroxylation sites is 1. The predicted octanol–water partition coefficient (Wildman–Crippen LogP) is 2.76. The molecule has 0 amide bonds. The van der Waals surface area contributed by atoms with Gasteiger partial charge in [-0.05, 0) is 48.7 Å². The third-order valence-corrected chi connectivity index (χ3v) is 5.95. The smallest absolute Gasteiger partial charge is 0.322 e. The normalized spacial score (nSPS) is 13.0. The molecule has 0 fully saturated rings. The van der Waals surface area contributed by atoms with Gasteiger partial charge in [0.15, 0.2) is 0 Å². The lowest BCUT2D eigenvalue weighted by molar-refractivity contribution is -0.138. The van der Waals surface area contributed by atoms with Gasteiger partial charge in [-0.2, -0.15) is 4.72 Å². The monoisotopic (exact) mass is 372 g/mol. The van der Waals surface area contributed by atoms with Crippen LogP contribution in [0.4, 0.5) is 0 Å². The van der Waals surface area contributed by atoms with E-state index in [4.69, 9.17) is 0 Å². The van der Waals surface area contributed by atoms with Crippen molar-refractivity contribution in [2.24, 2.45) is 0 Å². The molecule has 3 aromatic rings. The number of sulfonamides is 1. The van der Waals surface area contributed by atoms with Crippen molar-refractivity contribution < 1.29 is 18.3 Å². The molecule has 0 unspecified atom stereocenters. The first-order valence-electron chi connectivity index (χ1n) is 8.15. The van der Waals surface area contributed by atoms with E-state index < -0.39 is 22.0 Å². The molecule has 1 aromatic heterocycles. The van der Waals surface area contributed by atoms with Crippen molar-refractivity contribution in [3.8, 4) is 0 Å². The van der Waals surface area contributed by atoms with Gasteiger partial charge in [0.05, 0.1) is 4.90 Å². The summed E-state index contributed by atoms with van der Waals surface area (Å²) in [7, 11) is -3.94. The highest BCUT2D eigenvalue weighted by Gasteiger charge is 2.26. The van der Waals surface area contributed by atoms with Gasteiger partial charge >= 0.3 is 5.97 Å². The van der Waals surface area contributed by atoms with Gasteiger partial charge in [-0.25, -0.2) is 8.42 Å². The van der Waals surface area contributed by atoms with Crippen LogP contribution in [0.15, 0.2) is 53.6 Å². The van der Waals surface area contributed by atoms with Crippen LogP contribution >= 0.6 is 0 Å². The van der Waals surface area contributed by atoms with E-state index >= 15 is 0 Å². The highest BCUT2D eigenvalue weighted by atomic mass is 32.2. The van der Waals surface area contributed by atoms with Gasteiger partial charge < -0.3 is 10.1 Å². The Hall–Kier alpha value is -2.64. The van der Waals surface area contributed by atoms with Crippen LogP contribution in [0.2, 0.25) is 0 Å². The van der Waals surface area contributed by atoms with Gasteiger partial charge in [0.25, 0.3) is 0 Å². The predicted molar refractivity (Wildman–Crippen MR) is 99.7 cm³/mol. The minimum Gasteiger partial charge on any atom is -0.480 e. The first kappa shape index (κ1) is 18.2. The Balaban J connectivity index is 1.88. The maximum atomic E-state index is 12.6. The number of carboxylic acid groups (broad SMARTS) is 1. The van der Waals surface area contributed by atoms with E-state index in [1.807, 2.05) is 38.1 Å². The van der Waals surface area contributed by atoms with Crippen LogP contribution in [-0.2, 0) is 21.2 Å². The largest absolute Gasteiger partial charge is 0.480 e. The standard InChI is InChI=1S/C19H20N2O4S/c1-12-7-8-15(9-13(12)2)26(24,25)21-18(19(22)23)10-14-11-20-17-6-4-3-5-16(14)17/h3-9,11,18,20-21H,10H2,1-2H3,(H,22,23)/t18-/m0/s1. The number of rotatable bonds is 6. The minimum atomic E-state index is -3.94. The number of aromatic amines is 1. The molecule has 1 heterocycles. The number of aryl methyl sites for hydroxylation is 2. The first-order chi connectivity index (χ1) is 12.3.